The average Bonchev–Trinajstić information content (AvgIpc) is 3.34. The maximum atomic E-state index is 13.9. The zero-order chi connectivity index (χ0) is 29.2. The standard InChI is InChI=1S/C31H36N2O7S/c1-3-4-15-27(30(34)33-28(23-38-31(33)35)20-25-11-7-5-8-12-25)21-32(39-22-26-13-9-6-10-14-26)40-41(36,37)29-18-16-24(2)17-19-29/h5-14,16-19,27-28H,3-4,15,20-23H2,1-2H3/t27-,28+/m1/s1. The minimum absolute atomic E-state index is 0.0152. The number of hydrogen-bond donors (Lipinski definition) is 0. The predicted molar refractivity (Wildman–Crippen MR) is 153 cm³/mol. The summed E-state index contributed by atoms with van der Waals surface area (Å²) >= 11 is 0. The number of cyclic esters (lactones) is 1. The SMILES string of the molecule is CCCC[C@H](CN(OCc1ccccc1)OS(=O)(=O)c1ccc(C)cc1)C(=O)N1C(=O)OC[C@@H]1Cc1ccccc1. The molecule has 0 unspecified atom stereocenters. The van der Waals surface area contributed by atoms with Crippen molar-refractivity contribution in [1.29, 1.82) is 0 Å². The zero-order valence-corrected chi connectivity index (χ0v) is 24.2. The Kier molecular flexibility index (Phi) is 10.6. The molecule has 0 aromatic heterocycles. The van der Waals surface area contributed by atoms with Crippen molar-refractivity contribution in [2.24, 2.45) is 5.92 Å². The Bertz CT molecular complexity index is 1380. The largest absolute Gasteiger partial charge is 0.447 e. The lowest BCUT2D eigenvalue weighted by molar-refractivity contribution is -0.326. The predicted octanol–water partition coefficient (Wildman–Crippen LogP) is 5.45. The molecule has 0 radical (unpaired) electrons. The lowest BCUT2D eigenvalue weighted by Gasteiger charge is -2.28. The Balaban J connectivity index is 1.57. The number of carbonyl (C=O) groups is 2. The fraction of sp³-hybridized carbons (Fsp3) is 0.355. The van der Waals surface area contributed by atoms with Crippen LogP contribution in [0.3, 0.4) is 0 Å². The van der Waals surface area contributed by atoms with E-state index < -0.39 is 34.1 Å². The molecule has 1 fully saturated rings. The van der Waals surface area contributed by atoms with Crippen LogP contribution in [0.5, 0.6) is 0 Å². The van der Waals surface area contributed by atoms with Gasteiger partial charge >= 0.3 is 16.2 Å². The van der Waals surface area contributed by atoms with E-state index in [0.717, 1.165) is 33.2 Å². The zero-order valence-electron chi connectivity index (χ0n) is 23.3. The molecule has 1 saturated heterocycles. The Morgan fingerprint density at radius 1 is 1.00 bits per heavy atom. The monoisotopic (exact) mass is 580 g/mol. The first-order valence-corrected chi connectivity index (χ1v) is 15.2. The van der Waals surface area contributed by atoms with E-state index in [1.54, 1.807) is 12.1 Å². The van der Waals surface area contributed by atoms with Crippen LogP contribution in [-0.4, -0.2) is 49.7 Å². The molecule has 218 valence electrons. The van der Waals surface area contributed by atoms with Crippen LogP contribution in [0.1, 0.15) is 42.9 Å². The molecule has 1 aliphatic rings. The Hall–Kier alpha value is -3.57. The average molecular weight is 581 g/mol. The molecule has 0 aliphatic carbocycles. The van der Waals surface area contributed by atoms with Gasteiger partial charge in [0.15, 0.2) is 0 Å². The molecule has 4 rings (SSSR count). The third-order valence-electron chi connectivity index (χ3n) is 6.85. The van der Waals surface area contributed by atoms with Crippen molar-refractivity contribution in [1.82, 2.24) is 10.1 Å². The van der Waals surface area contributed by atoms with Gasteiger partial charge in [-0.3, -0.25) is 9.63 Å². The van der Waals surface area contributed by atoms with Gasteiger partial charge in [0.1, 0.15) is 6.61 Å². The van der Waals surface area contributed by atoms with E-state index in [9.17, 15) is 18.0 Å². The minimum Gasteiger partial charge on any atom is -0.447 e. The summed E-state index contributed by atoms with van der Waals surface area (Å²) in [6.07, 6.45) is 1.62. The molecule has 0 bridgehead atoms. The molecule has 0 spiro atoms. The number of hydroxylamine groups is 2. The second kappa shape index (κ2) is 14.4. The lowest BCUT2D eigenvalue weighted by atomic mass is 9.98. The van der Waals surface area contributed by atoms with Crippen LogP contribution < -0.4 is 0 Å². The van der Waals surface area contributed by atoms with Gasteiger partial charge in [-0.05, 0) is 48.3 Å². The molecule has 1 aliphatic heterocycles. The molecular formula is C31H36N2O7S. The van der Waals surface area contributed by atoms with E-state index in [1.807, 2.05) is 74.5 Å². The number of unbranched alkanes of at least 4 members (excludes halogenated alkanes) is 1. The molecule has 0 saturated carbocycles. The number of hydrogen-bond acceptors (Lipinski definition) is 8. The van der Waals surface area contributed by atoms with E-state index in [0.29, 0.717) is 19.3 Å². The highest BCUT2D eigenvalue weighted by molar-refractivity contribution is 7.86. The summed E-state index contributed by atoms with van der Waals surface area (Å²) < 4.78 is 37.1. The molecule has 1 heterocycles. The van der Waals surface area contributed by atoms with Gasteiger partial charge in [-0.1, -0.05) is 98.1 Å². The van der Waals surface area contributed by atoms with Gasteiger partial charge in [0.2, 0.25) is 5.91 Å². The number of aryl methyl sites for hydroxylation is 1. The summed E-state index contributed by atoms with van der Waals surface area (Å²) in [6.45, 7) is 3.74. The van der Waals surface area contributed by atoms with Crippen LogP contribution in [0.25, 0.3) is 0 Å². The fourth-order valence-electron chi connectivity index (χ4n) is 4.57. The quantitative estimate of drug-likeness (QED) is 0.232. The number of benzene rings is 3. The molecule has 2 amide bonds. The van der Waals surface area contributed by atoms with Crippen molar-refractivity contribution in [3.8, 4) is 0 Å². The second-order valence-electron chi connectivity index (χ2n) is 10.1. The van der Waals surface area contributed by atoms with Crippen molar-refractivity contribution in [2.75, 3.05) is 13.2 Å². The third-order valence-corrected chi connectivity index (χ3v) is 8.06. The Morgan fingerprint density at radius 2 is 1.63 bits per heavy atom. The highest BCUT2D eigenvalue weighted by atomic mass is 32.2. The fourth-order valence-corrected chi connectivity index (χ4v) is 5.45. The van der Waals surface area contributed by atoms with Gasteiger partial charge in [-0.25, -0.2) is 9.69 Å². The molecule has 0 N–H and O–H groups in total. The van der Waals surface area contributed by atoms with E-state index >= 15 is 0 Å². The highest BCUT2D eigenvalue weighted by Crippen LogP contribution is 2.25. The number of amides is 2. The van der Waals surface area contributed by atoms with Crippen LogP contribution in [0.15, 0.2) is 89.8 Å². The number of rotatable bonds is 14. The van der Waals surface area contributed by atoms with Gasteiger partial charge in [0, 0.05) is 0 Å². The van der Waals surface area contributed by atoms with Crippen molar-refractivity contribution < 1.29 is 31.9 Å². The van der Waals surface area contributed by atoms with Gasteiger partial charge in [-0.2, -0.15) is 8.42 Å². The van der Waals surface area contributed by atoms with Crippen LogP contribution in [0, 0.1) is 12.8 Å². The van der Waals surface area contributed by atoms with Gasteiger partial charge in [0.25, 0.3) is 0 Å². The number of carbonyl (C=O) groups excluding carboxylic acids is 2. The van der Waals surface area contributed by atoms with E-state index in [1.165, 1.54) is 12.1 Å². The first-order valence-electron chi connectivity index (χ1n) is 13.8. The summed E-state index contributed by atoms with van der Waals surface area (Å²) in [5, 5.41) is 0.855. The van der Waals surface area contributed by atoms with Gasteiger partial charge in [0.05, 0.1) is 30.0 Å². The second-order valence-corrected chi connectivity index (χ2v) is 11.6. The van der Waals surface area contributed by atoms with E-state index in [2.05, 4.69) is 0 Å². The molecule has 41 heavy (non-hydrogen) atoms. The summed E-state index contributed by atoms with van der Waals surface area (Å²) in [5.41, 5.74) is 2.66. The summed E-state index contributed by atoms with van der Waals surface area (Å²) in [7, 11) is -4.27. The van der Waals surface area contributed by atoms with E-state index in [4.69, 9.17) is 13.9 Å². The Morgan fingerprint density at radius 3 is 2.27 bits per heavy atom. The first kappa shape index (κ1) is 30.4. The number of nitrogens with zero attached hydrogens (tertiary/aromatic N) is 2. The van der Waals surface area contributed by atoms with Crippen LogP contribution >= 0.6 is 0 Å². The summed E-state index contributed by atoms with van der Waals surface area (Å²) in [6, 6.07) is 24.5. The van der Waals surface area contributed by atoms with Crippen LogP contribution in [0.2, 0.25) is 0 Å². The topological polar surface area (TPSA) is 102 Å². The molecule has 2 atom stereocenters. The maximum absolute atomic E-state index is 13.9. The summed E-state index contributed by atoms with van der Waals surface area (Å²) in [5.74, 6) is -1.24. The number of imide groups is 1. The van der Waals surface area contributed by atoms with Crippen molar-refractivity contribution in [3.63, 3.8) is 0 Å². The van der Waals surface area contributed by atoms with Crippen LogP contribution in [0.4, 0.5) is 4.79 Å². The first-order chi connectivity index (χ1) is 19.8. The molecule has 9 nitrogen and oxygen atoms in total. The van der Waals surface area contributed by atoms with Crippen molar-refractivity contribution >= 4 is 22.1 Å². The molecule has 3 aromatic carbocycles. The normalized spacial score (nSPS) is 16.1. The van der Waals surface area contributed by atoms with E-state index in [-0.39, 0.29) is 24.7 Å². The molecule has 10 heteroatoms. The lowest BCUT2D eigenvalue weighted by Crippen LogP contribution is -2.46. The minimum atomic E-state index is -4.27. The third kappa shape index (κ3) is 8.46. The highest BCUT2D eigenvalue weighted by Gasteiger charge is 2.41. The summed E-state index contributed by atoms with van der Waals surface area (Å²) in [4.78, 5) is 33.6. The van der Waals surface area contributed by atoms with Gasteiger partial charge in [-0.15, -0.1) is 4.28 Å². The maximum Gasteiger partial charge on any atom is 0.416 e. The van der Waals surface area contributed by atoms with Crippen LogP contribution in [-0.2, 0) is 41.8 Å². The molecular weight excluding hydrogens is 544 g/mol. The van der Waals surface area contributed by atoms with Crippen molar-refractivity contribution in [3.05, 3.63) is 102 Å². The Labute approximate surface area is 241 Å². The number of ether oxygens (including phenoxy) is 1. The van der Waals surface area contributed by atoms with Gasteiger partial charge < -0.3 is 4.74 Å². The smallest absolute Gasteiger partial charge is 0.416 e. The van der Waals surface area contributed by atoms with Crippen molar-refractivity contribution in [2.45, 2.75) is 57.1 Å². The molecule has 3 aromatic rings.